The number of amides is 1. The number of aryl methyl sites for hydroxylation is 3. The third kappa shape index (κ3) is 4.28. The zero-order valence-electron chi connectivity index (χ0n) is 13.2. The summed E-state index contributed by atoms with van der Waals surface area (Å²) < 4.78 is 7.39. The highest BCUT2D eigenvalue weighted by Gasteiger charge is 2.33. The van der Waals surface area contributed by atoms with Crippen molar-refractivity contribution in [3.05, 3.63) is 17.5 Å². The lowest BCUT2D eigenvalue weighted by atomic mass is 10.0. The molecule has 1 aromatic rings. The zero-order chi connectivity index (χ0) is 15.2. The van der Waals surface area contributed by atoms with E-state index in [1.807, 2.05) is 18.5 Å². The summed E-state index contributed by atoms with van der Waals surface area (Å²) in [6, 6.07) is 2.21. The minimum absolute atomic E-state index is 0.0707. The first-order chi connectivity index (χ1) is 10.1. The van der Waals surface area contributed by atoms with E-state index in [1.54, 1.807) is 0 Å². The molecule has 2 heterocycles. The molecule has 1 aliphatic rings. The van der Waals surface area contributed by atoms with Crippen LogP contribution < -0.4 is 10.6 Å². The molecule has 1 saturated heterocycles. The highest BCUT2D eigenvalue weighted by Crippen LogP contribution is 2.13. The van der Waals surface area contributed by atoms with Crippen LogP contribution in [0.4, 0.5) is 0 Å². The smallest absolute Gasteiger partial charge is 0.227 e. The number of likely N-dealkylation sites (N-methyl/N-ethyl adjacent to an activating group) is 1. The summed E-state index contributed by atoms with van der Waals surface area (Å²) in [5.74, 6) is 0.0189. The monoisotopic (exact) mass is 294 g/mol. The molecule has 21 heavy (non-hydrogen) atoms. The van der Waals surface area contributed by atoms with E-state index in [0.717, 1.165) is 30.9 Å². The minimum Gasteiger partial charge on any atom is -0.379 e. The van der Waals surface area contributed by atoms with E-state index >= 15 is 0 Å². The lowest BCUT2D eigenvalue weighted by molar-refractivity contribution is -0.125. The van der Waals surface area contributed by atoms with Gasteiger partial charge in [-0.15, -0.1) is 0 Å². The second-order valence-electron chi connectivity index (χ2n) is 5.60. The Bertz CT molecular complexity index is 472. The first-order valence-corrected chi connectivity index (χ1v) is 7.71. The normalized spacial score (nSPS) is 21.7. The maximum absolute atomic E-state index is 12.2. The van der Waals surface area contributed by atoms with Crippen molar-refractivity contribution in [2.75, 3.05) is 26.3 Å². The van der Waals surface area contributed by atoms with Crippen molar-refractivity contribution in [2.45, 2.75) is 39.8 Å². The predicted molar refractivity (Wildman–Crippen MR) is 81.1 cm³/mol. The van der Waals surface area contributed by atoms with E-state index in [4.69, 9.17) is 4.74 Å². The van der Waals surface area contributed by atoms with E-state index in [2.05, 4.69) is 28.7 Å². The Balaban J connectivity index is 1.70. The first-order valence-electron chi connectivity index (χ1n) is 7.71. The molecule has 6 nitrogen and oxygen atoms in total. The van der Waals surface area contributed by atoms with Crippen LogP contribution in [0.1, 0.15) is 24.7 Å². The summed E-state index contributed by atoms with van der Waals surface area (Å²) in [6.45, 7) is 9.59. The molecule has 1 fully saturated rings. The Kier molecular flexibility index (Phi) is 5.76. The first kappa shape index (κ1) is 16.0. The average Bonchev–Trinajstić information content (AvgIpc) is 3.02. The van der Waals surface area contributed by atoms with Gasteiger partial charge in [0.05, 0.1) is 24.8 Å². The van der Waals surface area contributed by atoms with Crippen molar-refractivity contribution < 1.29 is 9.53 Å². The molecule has 1 aliphatic heterocycles. The van der Waals surface area contributed by atoms with Gasteiger partial charge >= 0.3 is 0 Å². The third-order valence-electron chi connectivity index (χ3n) is 3.83. The lowest BCUT2D eigenvalue weighted by Gasteiger charge is -2.17. The van der Waals surface area contributed by atoms with E-state index in [1.165, 1.54) is 0 Å². The topological polar surface area (TPSA) is 68.2 Å². The van der Waals surface area contributed by atoms with Crippen LogP contribution in [0.2, 0.25) is 0 Å². The lowest BCUT2D eigenvalue weighted by Crippen LogP contribution is -2.44. The van der Waals surface area contributed by atoms with Gasteiger partial charge in [-0.25, -0.2) is 0 Å². The fourth-order valence-electron chi connectivity index (χ4n) is 2.75. The van der Waals surface area contributed by atoms with Crippen molar-refractivity contribution >= 4 is 5.91 Å². The molecule has 1 amide bonds. The highest BCUT2D eigenvalue weighted by molar-refractivity contribution is 5.79. The zero-order valence-corrected chi connectivity index (χ0v) is 13.2. The summed E-state index contributed by atoms with van der Waals surface area (Å²) in [6.07, 6.45) is 0.882. The molecule has 1 aromatic heterocycles. The maximum atomic E-state index is 12.2. The van der Waals surface area contributed by atoms with Crippen LogP contribution in [0.5, 0.6) is 0 Å². The largest absolute Gasteiger partial charge is 0.379 e. The number of ether oxygens (including phenoxy) is 1. The Morgan fingerprint density at radius 1 is 1.48 bits per heavy atom. The molecule has 0 saturated carbocycles. The van der Waals surface area contributed by atoms with Gasteiger partial charge in [0.1, 0.15) is 0 Å². The molecule has 118 valence electrons. The van der Waals surface area contributed by atoms with Gasteiger partial charge in [0.2, 0.25) is 5.91 Å². The molecule has 0 aliphatic carbocycles. The van der Waals surface area contributed by atoms with E-state index in [-0.39, 0.29) is 17.9 Å². The van der Waals surface area contributed by atoms with Gasteiger partial charge in [-0.3, -0.25) is 9.48 Å². The fraction of sp³-hybridized carbons (Fsp3) is 0.733. The molecule has 0 bridgehead atoms. The minimum atomic E-state index is -0.0707. The highest BCUT2D eigenvalue weighted by atomic mass is 16.5. The second-order valence-corrected chi connectivity index (χ2v) is 5.60. The molecule has 6 heteroatoms. The van der Waals surface area contributed by atoms with Crippen LogP contribution in [0.25, 0.3) is 0 Å². The van der Waals surface area contributed by atoms with Crippen LogP contribution in [0.3, 0.4) is 0 Å². The Hall–Kier alpha value is -1.40. The van der Waals surface area contributed by atoms with Gasteiger partial charge in [0.15, 0.2) is 0 Å². The number of carbonyl (C=O) groups is 1. The quantitative estimate of drug-likeness (QED) is 0.724. The van der Waals surface area contributed by atoms with Crippen molar-refractivity contribution in [1.29, 1.82) is 0 Å². The van der Waals surface area contributed by atoms with E-state index in [9.17, 15) is 4.79 Å². The molecule has 2 N–H and O–H groups in total. The summed E-state index contributed by atoms with van der Waals surface area (Å²) in [5.41, 5.74) is 2.20. The van der Waals surface area contributed by atoms with Gasteiger partial charge in [-0.05, 0) is 32.9 Å². The third-order valence-corrected chi connectivity index (χ3v) is 3.83. The van der Waals surface area contributed by atoms with Crippen molar-refractivity contribution in [3.63, 3.8) is 0 Å². The maximum Gasteiger partial charge on any atom is 0.227 e. The van der Waals surface area contributed by atoms with Gasteiger partial charge in [-0.1, -0.05) is 6.92 Å². The summed E-state index contributed by atoms with van der Waals surface area (Å²) in [7, 11) is 0. The second kappa shape index (κ2) is 7.56. The van der Waals surface area contributed by atoms with Crippen LogP contribution in [-0.4, -0.2) is 48.0 Å². The van der Waals surface area contributed by atoms with Gasteiger partial charge in [0, 0.05) is 24.8 Å². The van der Waals surface area contributed by atoms with Gasteiger partial charge < -0.3 is 15.4 Å². The SMILES string of the molecule is CCNC1COCC1C(=O)NCCCn1nc(C)cc1C. The van der Waals surface area contributed by atoms with Crippen LogP contribution >= 0.6 is 0 Å². The molecular weight excluding hydrogens is 268 g/mol. The Morgan fingerprint density at radius 2 is 2.29 bits per heavy atom. The molecule has 2 atom stereocenters. The number of nitrogens with one attached hydrogen (secondary N) is 2. The van der Waals surface area contributed by atoms with Crippen LogP contribution in [-0.2, 0) is 16.1 Å². The number of aromatic nitrogens is 2. The summed E-state index contributed by atoms with van der Waals surface area (Å²) in [4.78, 5) is 12.2. The molecule has 0 radical (unpaired) electrons. The predicted octanol–water partition coefficient (Wildman–Crippen LogP) is 0.631. The van der Waals surface area contributed by atoms with Crippen molar-refractivity contribution in [3.8, 4) is 0 Å². The summed E-state index contributed by atoms with van der Waals surface area (Å²) in [5, 5.41) is 10.7. The van der Waals surface area contributed by atoms with Crippen molar-refractivity contribution in [1.82, 2.24) is 20.4 Å². The summed E-state index contributed by atoms with van der Waals surface area (Å²) >= 11 is 0. The Labute approximate surface area is 126 Å². The van der Waals surface area contributed by atoms with Crippen LogP contribution in [0, 0.1) is 19.8 Å². The molecule has 0 spiro atoms. The number of carbonyl (C=O) groups excluding carboxylic acids is 1. The van der Waals surface area contributed by atoms with Gasteiger partial charge in [0.25, 0.3) is 0 Å². The number of rotatable bonds is 7. The van der Waals surface area contributed by atoms with E-state index < -0.39 is 0 Å². The average molecular weight is 294 g/mol. The molecule has 2 unspecified atom stereocenters. The fourth-order valence-corrected chi connectivity index (χ4v) is 2.75. The standard InChI is InChI=1S/C15H26N4O2/c1-4-16-14-10-21-9-13(14)15(20)17-6-5-7-19-12(3)8-11(2)18-19/h8,13-14,16H,4-7,9-10H2,1-3H3,(H,17,20). The van der Waals surface area contributed by atoms with E-state index in [0.29, 0.717) is 19.8 Å². The van der Waals surface area contributed by atoms with Crippen molar-refractivity contribution in [2.24, 2.45) is 5.92 Å². The molecule has 2 rings (SSSR count). The Morgan fingerprint density at radius 3 is 2.95 bits per heavy atom. The number of hydrogen-bond donors (Lipinski definition) is 2. The number of hydrogen-bond acceptors (Lipinski definition) is 4. The van der Waals surface area contributed by atoms with Gasteiger partial charge in [-0.2, -0.15) is 5.10 Å². The molecule has 0 aromatic carbocycles. The van der Waals surface area contributed by atoms with Crippen LogP contribution in [0.15, 0.2) is 6.07 Å². The molecular formula is C15H26N4O2. The number of nitrogens with zero attached hydrogens (tertiary/aromatic N) is 2.